The Labute approximate surface area is 103 Å². The third kappa shape index (κ3) is 2.86. The molecule has 3 nitrogen and oxygen atoms in total. The van der Waals surface area contributed by atoms with Crippen LogP contribution in [0.1, 0.15) is 31.4 Å². The molecule has 2 rings (SSSR count). The SMILES string of the molecule is C[C@H](NC(=O)[C@H]1CCCN1C)c1ccccc1. The number of likely N-dealkylation sites (tertiary alicyclic amines) is 1. The van der Waals surface area contributed by atoms with Gasteiger partial charge in [0.1, 0.15) is 0 Å². The Hall–Kier alpha value is -1.35. The lowest BCUT2D eigenvalue weighted by atomic mass is 10.1. The van der Waals surface area contributed by atoms with Crippen molar-refractivity contribution in [3.63, 3.8) is 0 Å². The maximum absolute atomic E-state index is 12.1. The zero-order valence-electron chi connectivity index (χ0n) is 10.5. The number of carbonyl (C=O) groups excluding carboxylic acids is 1. The average molecular weight is 232 g/mol. The van der Waals surface area contributed by atoms with Crippen molar-refractivity contribution in [3.8, 4) is 0 Å². The van der Waals surface area contributed by atoms with Crippen molar-refractivity contribution >= 4 is 5.91 Å². The monoisotopic (exact) mass is 232 g/mol. The smallest absolute Gasteiger partial charge is 0.237 e. The third-order valence-electron chi connectivity index (χ3n) is 3.48. The van der Waals surface area contributed by atoms with Crippen LogP contribution in [0, 0.1) is 0 Å². The number of carbonyl (C=O) groups is 1. The minimum Gasteiger partial charge on any atom is -0.348 e. The average Bonchev–Trinajstić information content (AvgIpc) is 2.76. The van der Waals surface area contributed by atoms with E-state index in [-0.39, 0.29) is 18.0 Å². The molecule has 1 aliphatic heterocycles. The molecule has 1 aliphatic rings. The fraction of sp³-hybridized carbons (Fsp3) is 0.500. The largest absolute Gasteiger partial charge is 0.348 e. The first-order valence-electron chi connectivity index (χ1n) is 6.24. The zero-order valence-corrected chi connectivity index (χ0v) is 10.5. The number of amides is 1. The van der Waals surface area contributed by atoms with Crippen molar-refractivity contribution in [2.45, 2.75) is 31.8 Å². The number of rotatable bonds is 3. The number of likely N-dealkylation sites (N-methyl/N-ethyl adjacent to an activating group) is 1. The first kappa shape index (κ1) is 12.1. The molecule has 0 aromatic heterocycles. The molecular formula is C14H20N2O. The molecule has 0 spiro atoms. The van der Waals surface area contributed by atoms with Crippen LogP contribution in [0.5, 0.6) is 0 Å². The van der Waals surface area contributed by atoms with Crippen LogP contribution >= 0.6 is 0 Å². The summed E-state index contributed by atoms with van der Waals surface area (Å²) >= 11 is 0. The van der Waals surface area contributed by atoms with Crippen LogP contribution in [0.15, 0.2) is 30.3 Å². The highest BCUT2D eigenvalue weighted by Crippen LogP contribution is 2.17. The molecule has 3 heteroatoms. The first-order chi connectivity index (χ1) is 8.18. The van der Waals surface area contributed by atoms with Crippen LogP contribution in [0.3, 0.4) is 0 Å². The second kappa shape index (κ2) is 5.32. The van der Waals surface area contributed by atoms with Crippen LogP contribution in [0.2, 0.25) is 0 Å². The molecule has 1 heterocycles. The summed E-state index contributed by atoms with van der Waals surface area (Å²) in [7, 11) is 2.02. The van der Waals surface area contributed by atoms with Crippen molar-refractivity contribution < 1.29 is 4.79 Å². The van der Waals surface area contributed by atoms with E-state index >= 15 is 0 Å². The number of hydrogen-bond donors (Lipinski definition) is 1. The van der Waals surface area contributed by atoms with Gasteiger partial charge in [0.2, 0.25) is 5.91 Å². The van der Waals surface area contributed by atoms with E-state index in [1.165, 1.54) is 0 Å². The van der Waals surface area contributed by atoms with Gasteiger partial charge in [-0.2, -0.15) is 0 Å². The summed E-state index contributed by atoms with van der Waals surface area (Å²) in [6, 6.07) is 10.2. The molecule has 1 aromatic carbocycles. The fourth-order valence-corrected chi connectivity index (χ4v) is 2.38. The van der Waals surface area contributed by atoms with Gasteiger partial charge in [0, 0.05) is 0 Å². The Morgan fingerprint density at radius 1 is 1.41 bits per heavy atom. The van der Waals surface area contributed by atoms with E-state index in [9.17, 15) is 4.79 Å². The van der Waals surface area contributed by atoms with Crippen LogP contribution in [0.4, 0.5) is 0 Å². The van der Waals surface area contributed by atoms with Crippen LogP contribution in [0.25, 0.3) is 0 Å². The van der Waals surface area contributed by atoms with Gasteiger partial charge >= 0.3 is 0 Å². The third-order valence-corrected chi connectivity index (χ3v) is 3.48. The molecule has 0 saturated carbocycles. The molecule has 1 N–H and O–H groups in total. The summed E-state index contributed by atoms with van der Waals surface area (Å²) in [6.45, 7) is 3.06. The van der Waals surface area contributed by atoms with E-state index in [1.54, 1.807) is 0 Å². The molecule has 1 saturated heterocycles. The van der Waals surface area contributed by atoms with Gasteiger partial charge in [0.05, 0.1) is 12.1 Å². The summed E-state index contributed by atoms with van der Waals surface area (Å²) in [4.78, 5) is 14.2. The second-order valence-electron chi connectivity index (χ2n) is 4.78. The standard InChI is InChI=1S/C14H20N2O/c1-11(12-7-4-3-5-8-12)15-14(17)13-9-6-10-16(13)2/h3-5,7-8,11,13H,6,9-10H2,1-2H3,(H,15,17)/t11-,13+/m0/s1. The maximum atomic E-state index is 12.1. The number of nitrogens with one attached hydrogen (secondary N) is 1. The lowest BCUT2D eigenvalue weighted by Crippen LogP contribution is -2.42. The van der Waals surface area contributed by atoms with E-state index in [1.807, 2.05) is 44.3 Å². The summed E-state index contributed by atoms with van der Waals surface area (Å²) < 4.78 is 0. The quantitative estimate of drug-likeness (QED) is 0.864. The highest BCUT2D eigenvalue weighted by molar-refractivity contribution is 5.82. The van der Waals surface area contributed by atoms with Crippen LogP contribution in [-0.4, -0.2) is 30.4 Å². The normalized spacial score (nSPS) is 22.4. The van der Waals surface area contributed by atoms with Crippen molar-refractivity contribution in [2.24, 2.45) is 0 Å². The summed E-state index contributed by atoms with van der Waals surface area (Å²) in [5, 5.41) is 3.09. The predicted molar refractivity (Wildman–Crippen MR) is 68.7 cm³/mol. The summed E-state index contributed by atoms with van der Waals surface area (Å²) in [5.41, 5.74) is 1.15. The van der Waals surface area contributed by atoms with E-state index in [2.05, 4.69) is 10.2 Å². The lowest BCUT2D eigenvalue weighted by Gasteiger charge is -2.22. The number of nitrogens with zero attached hydrogens (tertiary/aromatic N) is 1. The van der Waals surface area contributed by atoms with Gasteiger partial charge in [-0.1, -0.05) is 30.3 Å². The number of hydrogen-bond acceptors (Lipinski definition) is 2. The molecule has 92 valence electrons. The highest BCUT2D eigenvalue weighted by atomic mass is 16.2. The van der Waals surface area contributed by atoms with E-state index < -0.39 is 0 Å². The topological polar surface area (TPSA) is 32.3 Å². The predicted octanol–water partition coefficient (Wildman–Crippen LogP) is 1.96. The van der Waals surface area contributed by atoms with Gasteiger partial charge in [-0.3, -0.25) is 9.69 Å². The molecule has 2 atom stereocenters. The molecule has 0 radical (unpaired) electrons. The lowest BCUT2D eigenvalue weighted by molar-refractivity contribution is -0.125. The summed E-state index contributed by atoms with van der Waals surface area (Å²) in [5.74, 6) is 0.154. The second-order valence-corrected chi connectivity index (χ2v) is 4.78. The Morgan fingerprint density at radius 3 is 2.71 bits per heavy atom. The molecule has 0 unspecified atom stereocenters. The molecular weight excluding hydrogens is 212 g/mol. The minimum atomic E-state index is 0.0566. The van der Waals surface area contributed by atoms with Crippen molar-refractivity contribution in [2.75, 3.05) is 13.6 Å². The Morgan fingerprint density at radius 2 is 2.12 bits per heavy atom. The Bertz CT molecular complexity index is 377. The molecule has 1 amide bonds. The molecule has 1 fully saturated rings. The van der Waals surface area contributed by atoms with Gasteiger partial charge < -0.3 is 5.32 Å². The van der Waals surface area contributed by atoms with Crippen LogP contribution in [-0.2, 0) is 4.79 Å². The highest BCUT2D eigenvalue weighted by Gasteiger charge is 2.28. The van der Waals surface area contributed by atoms with Gasteiger partial charge in [-0.05, 0) is 38.9 Å². The molecule has 17 heavy (non-hydrogen) atoms. The van der Waals surface area contributed by atoms with E-state index in [4.69, 9.17) is 0 Å². The van der Waals surface area contributed by atoms with Crippen molar-refractivity contribution in [1.29, 1.82) is 0 Å². The first-order valence-corrected chi connectivity index (χ1v) is 6.24. The van der Waals surface area contributed by atoms with Gasteiger partial charge in [0.15, 0.2) is 0 Å². The minimum absolute atomic E-state index is 0.0566. The van der Waals surface area contributed by atoms with Crippen molar-refractivity contribution in [3.05, 3.63) is 35.9 Å². The van der Waals surface area contributed by atoms with E-state index in [0.717, 1.165) is 24.9 Å². The van der Waals surface area contributed by atoms with Gasteiger partial charge in [0.25, 0.3) is 0 Å². The molecule has 0 aliphatic carbocycles. The zero-order chi connectivity index (χ0) is 12.3. The number of benzene rings is 1. The van der Waals surface area contributed by atoms with E-state index in [0.29, 0.717) is 0 Å². The molecule has 0 bridgehead atoms. The van der Waals surface area contributed by atoms with Crippen molar-refractivity contribution in [1.82, 2.24) is 10.2 Å². The Kier molecular flexibility index (Phi) is 3.79. The Balaban J connectivity index is 1.95. The molecule has 1 aromatic rings. The van der Waals surface area contributed by atoms with Crippen LogP contribution < -0.4 is 5.32 Å². The fourth-order valence-electron chi connectivity index (χ4n) is 2.38. The van der Waals surface area contributed by atoms with Gasteiger partial charge in [-0.15, -0.1) is 0 Å². The maximum Gasteiger partial charge on any atom is 0.237 e. The van der Waals surface area contributed by atoms with Gasteiger partial charge in [-0.25, -0.2) is 0 Å². The summed E-state index contributed by atoms with van der Waals surface area (Å²) in [6.07, 6.45) is 2.10.